The van der Waals surface area contributed by atoms with E-state index >= 15 is 0 Å². The van der Waals surface area contributed by atoms with Gasteiger partial charge in [0.25, 0.3) is 0 Å². The number of terminal acetylenes is 1. The highest BCUT2D eigenvalue weighted by atomic mass is 14.9. The van der Waals surface area contributed by atoms with Gasteiger partial charge in [0.05, 0.1) is 0 Å². The first-order chi connectivity index (χ1) is 6.72. The highest BCUT2D eigenvalue weighted by molar-refractivity contribution is 5.12. The van der Waals surface area contributed by atoms with Crippen molar-refractivity contribution in [2.75, 3.05) is 0 Å². The average Bonchev–Trinajstić information content (AvgIpc) is 2.17. The first-order valence-electron chi connectivity index (χ1n) is 4.80. The Kier molecular flexibility index (Phi) is 4.15. The van der Waals surface area contributed by atoms with E-state index in [9.17, 15) is 0 Å². The summed E-state index contributed by atoms with van der Waals surface area (Å²) in [5.41, 5.74) is 2.24. The second-order valence-corrected chi connectivity index (χ2v) is 3.50. The molecule has 0 spiro atoms. The van der Waals surface area contributed by atoms with Crippen LogP contribution in [0.1, 0.15) is 24.6 Å². The van der Waals surface area contributed by atoms with Gasteiger partial charge in [0.15, 0.2) is 0 Å². The molecule has 0 aromatic carbocycles. The molecule has 1 N–H and O–H groups in total. The highest BCUT2D eigenvalue weighted by Crippen LogP contribution is 1.99. The summed E-state index contributed by atoms with van der Waals surface area (Å²) in [6, 6.07) is 4.46. The van der Waals surface area contributed by atoms with E-state index in [4.69, 9.17) is 6.42 Å². The SMILES string of the molecule is C#CCC(C)NCc1ccc(C)nc1. The Labute approximate surface area is 85.8 Å². The minimum Gasteiger partial charge on any atom is -0.309 e. The zero-order valence-electron chi connectivity index (χ0n) is 8.75. The van der Waals surface area contributed by atoms with Crippen LogP contribution >= 0.6 is 0 Å². The maximum absolute atomic E-state index is 5.22. The van der Waals surface area contributed by atoms with Crippen LogP contribution in [-0.4, -0.2) is 11.0 Å². The largest absolute Gasteiger partial charge is 0.309 e. The van der Waals surface area contributed by atoms with Crippen molar-refractivity contribution < 1.29 is 0 Å². The molecule has 14 heavy (non-hydrogen) atoms. The van der Waals surface area contributed by atoms with Crippen LogP contribution in [0.4, 0.5) is 0 Å². The molecule has 2 nitrogen and oxygen atoms in total. The summed E-state index contributed by atoms with van der Waals surface area (Å²) < 4.78 is 0. The van der Waals surface area contributed by atoms with E-state index in [2.05, 4.69) is 29.2 Å². The molecule has 0 saturated heterocycles. The molecule has 0 aliphatic heterocycles. The normalized spacial score (nSPS) is 12.1. The third kappa shape index (κ3) is 3.59. The van der Waals surface area contributed by atoms with E-state index in [1.807, 2.05) is 19.2 Å². The molecule has 0 bridgehead atoms. The Balaban J connectivity index is 2.39. The van der Waals surface area contributed by atoms with E-state index in [1.165, 1.54) is 5.56 Å². The molecule has 0 radical (unpaired) electrons. The number of pyridine rings is 1. The van der Waals surface area contributed by atoms with Gasteiger partial charge >= 0.3 is 0 Å². The van der Waals surface area contributed by atoms with Crippen molar-refractivity contribution in [3.8, 4) is 12.3 Å². The molecule has 1 atom stereocenters. The van der Waals surface area contributed by atoms with E-state index in [1.54, 1.807) is 0 Å². The van der Waals surface area contributed by atoms with E-state index in [0.29, 0.717) is 6.04 Å². The van der Waals surface area contributed by atoms with Gasteiger partial charge in [-0.1, -0.05) is 6.07 Å². The van der Waals surface area contributed by atoms with Gasteiger partial charge in [-0.3, -0.25) is 4.98 Å². The van der Waals surface area contributed by atoms with Crippen LogP contribution in [-0.2, 0) is 6.54 Å². The monoisotopic (exact) mass is 188 g/mol. The molecule has 0 fully saturated rings. The lowest BCUT2D eigenvalue weighted by Crippen LogP contribution is -2.24. The fourth-order valence-corrected chi connectivity index (χ4v) is 1.14. The molecule has 0 saturated carbocycles. The number of nitrogens with zero attached hydrogens (tertiary/aromatic N) is 1. The molecule has 1 rings (SSSR count). The fraction of sp³-hybridized carbons (Fsp3) is 0.417. The van der Waals surface area contributed by atoms with Crippen LogP contribution < -0.4 is 5.32 Å². The quantitative estimate of drug-likeness (QED) is 0.730. The first kappa shape index (κ1) is 10.7. The number of rotatable bonds is 4. The van der Waals surface area contributed by atoms with Crippen molar-refractivity contribution in [2.45, 2.75) is 32.9 Å². The smallest absolute Gasteiger partial charge is 0.0372 e. The van der Waals surface area contributed by atoms with Gasteiger partial charge in [-0.05, 0) is 25.5 Å². The third-order valence-electron chi connectivity index (χ3n) is 2.05. The van der Waals surface area contributed by atoms with E-state index in [0.717, 1.165) is 18.7 Å². The van der Waals surface area contributed by atoms with Crippen LogP contribution in [0.5, 0.6) is 0 Å². The fourth-order valence-electron chi connectivity index (χ4n) is 1.14. The van der Waals surface area contributed by atoms with Crippen molar-refractivity contribution in [2.24, 2.45) is 0 Å². The zero-order valence-corrected chi connectivity index (χ0v) is 8.75. The summed E-state index contributed by atoms with van der Waals surface area (Å²) in [5.74, 6) is 2.63. The van der Waals surface area contributed by atoms with Crippen LogP contribution in [0.3, 0.4) is 0 Å². The Hall–Kier alpha value is -1.33. The minimum atomic E-state index is 0.362. The Morgan fingerprint density at radius 2 is 2.36 bits per heavy atom. The zero-order chi connectivity index (χ0) is 10.4. The molecule has 1 aromatic heterocycles. The average molecular weight is 188 g/mol. The molecule has 2 heteroatoms. The lowest BCUT2D eigenvalue weighted by Gasteiger charge is -2.10. The van der Waals surface area contributed by atoms with Gasteiger partial charge in [0, 0.05) is 30.9 Å². The molecule has 1 unspecified atom stereocenters. The van der Waals surface area contributed by atoms with Gasteiger partial charge in [0.1, 0.15) is 0 Å². The van der Waals surface area contributed by atoms with Crippen molar-refractivity contribution >= 4 is 0 Å². The first-order valence-corrected chi connectivity index (χ1v) is 4.80. The van der Waals surface area contributed by atoms with Crippen LogP contribution in [0.2, 0.25) is 0 Å². The Morgan fingerprint density at radius 1 is 1.57 bits per heavy atom. The van der Waals surface area contributed by atoms with Gasteiger partial charge in [-0.2, -0.15) is 0 Å². The summed E-state index contributed by atoms with van der Waals surface area (Å²) in [4.78, 5) is 4.22. The van der Waals surface area contributed by atoms with Crippen molar-refractivity contribution in [1.82, 2.24) is 10.3 Å². The minimum absolute atomic E-state index is 0.362. The van der Waals surface area contributed by atoms with E-state index < -0.39 is 0 Å². The summed E-state index contributed by atoms with van der Waals surface area (Å²) in [5, 5.41) is 3.34. The topological polar surface area (TPSA) is 24.9 Å². The lowest BCUT2D eigenvalue weighted by molar-refractivity contribution is 0.558. The predicted octanol–water partition coefficient (Wildman–Crippen LogP) is 1.89. The number of hydrogen-bond donors (Lipinski definition) is 1. The standard InChI is InChI=1S/C12H16N2/c1-4-5-10(2)13-8-12-7-6-11(3)14-9-12/h1,6-7,9-10,13H,5,8H2,2-3H3. The molecule has 0 amide bonds. The maximum Gasteiger partial charge on any atom is 0.0372 e. The second kappa shape index (κ2) is 5.41. The summed E-state index contributed by atoms with van der Waals surface area (Å²) in [6.45, 7) is 4.90. The summed E-state index contributed by atoms with van der Waals surface area (Å²) in [7, 11) is 0. The second-order valence-electron chi connectivity index (χ2n) is 3.50. The number of aromatic nitrogens is 1. The van der Waals surface area contributed by atoms with E-state index in [-0.39, 0.29) is 0 Å². The predicted molar refractivity (Wildman–Crippen MR) is 58.7 cm³/mol. The van der Waals surface area contributed by atoms with Crippen molar-refractivity contribution in [3.05, 3.63) is 29.6 Å². The van der Waals surface area contributed by atoms with Gasteiger partial charge in [-0.25, -0.2) is 0 Å². The molecule has 1 aromatic rings. The number of hydrogen-bond acceptors (Lipinski definition) is 2. The molecular weight excluding hydrogens is 172 g/mol. The Bertz CT molecular complexity index is 308. The molecule has 0 aliphatic rings. The highest BCUT2D eigenvalue weighted by Gasteiger charge is 1.98. The molecule has 74 valence electrons. The van der Waals surface area contributed by atoms with Crippen molar-refractivity contribution in [3.63, 3.8) is 0 Å². The van der Waals surface area contributed by atoms with Crippen LogP contribution in [0, 0.1) is 19.3 Å². The van der Waals surface area contributed by atoms with Crippen LogP contribution in [0.25, 0.3) is 0 Å². The summed E-state index contributed by atoms with van der Waals surface area (Å²) >= 11 is 0. The van der Waals surface area contributed by atoms with Gasteiger partial charge in [-0.15, -0.1) is 12.3 Å². The van der Waals surface area contributed by atoms with Gasteiger partial charge < -0.3 is 5.32 Å². The number of aryl methyl sites for hydroxylation is 1. The molecule has 0 aliphatic carbocycles. The lowest BCUT2D eigenvalue weighted by atomic mass is 10.2. The molecule has 1 heterocycles. The van der Waals surface area contributed by atoms with Crippen LogP contribution in [0.15, 0.2) is 18.3 Å². The number of nitrogens with one attached hydrogen (secondary N) is 1. The third-order valence-corrected chi connectivity index (χ3v) is 2.05. The van der Waals surface area contributed by atoms with Gasteiger partial charge in [0.2, 0.25) is 0 Å². The summed E-state index contributed by atoms with van der Waals surface area (Å²) in [6.07, 6.45) is 7.87. The van der Waals surface area contributed by atoms with Crippen molar-refractivity contribution in [1.29, 1.82) is 0 Å². The molecular formula is C12H16N2. The Morgan fingerprint density at radius 3 is 2.93 bits per heavy atom. The maximum atomic E-state index is 5.22.